The van der Waals surface area contributed by atoms with E-state index in [0.717, 1.165) is 17.5 Å². The first-order chi connectivity index (χ1) is 9.19. The number of thioether (sulfide) groups is 1. The van der Waals surface area contributed by atoms with Crippen LogP contribution in [0.5, 0.6) is 0 Å². The largest absolute Gasteiger partial charge is 0.316 e. The summed E-state index contributed by atoms with van der Waals surface area (Å²) in [6, 6.07) is 11.6. The van der Waals surface area contributed by atoms with Crippen molar-refractivity contribution in [1.82, 2.24) is 5.32 Å². The zero-order valence-corrected chi connectivity index (χ0v) is 11.4. The second kappa shape index (κ2) is 6.68. The Morgan fingerprint density at radius 1 is 1.11 bits per heavy atom. The van der Waals surface area contributed by atoms with Gasteiger partial charge < -0.3 is 5.32 Å². The molecule has 0 fully saturated rings. The minimum Gasteiger partial charge on any atom is -0.316 e. The zero-order chi connectivity index (χ0) is 13.7. The zero-order valence-electron chi connectivity index (χ0n) is 10.6. The summed E-state index contributed by atoms with van der Waals surface area (Å²) in [6.45, 7) is 0.794. The van der Waals surface area contributed by atoms with Crippen LogP contribution in [0, 0.1) is 11.6 Å². The normalized spacial score (nSPS) is 10.7. The van der Waals surface area contributed by atoms with Gasteiger partial charge in [-0.1, -0.05) is 12.1 Å². The Labute approximate surface area is 116 Å². The molecule has 0 aliphatic heterocycles. The van der Waals surface area contributed by atoms with Gasteiger partial charge >= 0.3 is 0 Å². The molecule has 100 valence electrons. The van der Waals surface area contributed by atoms with Crippen LogP contribution in [0.2, 0.25) is 0 Å². The van der Waals surface area contributed by atoms with E-state index in [1.807, 2.05) is 25.2 Å². The van der Waals surface area contributed by atoms with Crippen LogP contribution in [0.4, 0.5) is 8.78 Å². The van der Waals surface area contributed by atoms with Crippen molar-refractivity contribution in [2.75, 3.05) is 7.05 Å². The molecule has 0 unspecified atom stereocenters. The average molecular weight is 279 g/mol. The molecule has 2 aromatic rings. The third-order valence-corrected chi connectivity index (χ3v) is 3.72. The number of halogens is 2. The SMILES string of the molecule is CNCc1cccc(SCc2cc(F)ccc2F)c1. The van der Waals surface area contributed by atoms with E-state index >= 15 is 0 Å². The highest BCUT2D eigenvalue weighted by atomic mass is 32.2. The molecule has 0 spiro atoms. The molecule has 1 nitrogen and oxygen atoms in total. The van der Waals surface area contributed by atoms with Crippen molar-refractivity contribution in [3.05, 3.63) is 65.2 Å². The Balaban J connectivity index is 2.05. The molecule has 19 heavy (non-hydrogen) atoms. The summed E-state index contributed by atoms with van der Waals surface area (Å²) in [5.41, 5.74) is 1.57. The summed E-state index contributed by atoms with van der Waals surface area (Å²) in [5.74, 6) is -0.340. The second-order valence-corrected chi connectivity index (χ2v) is 5.25. The lowest BCUT2D eigenvalue weighted by atomic mass is 10.2. The lowest BCUT2D eigenvalue weighted by Gasteiger charge is -2.06. The first-order valence-corrected chi connectivity index (χ1v) is 6.98. The van der Waals surface area contributed by atoms with Gasteiger partial charge in [-0.15, -0.1) is 11.8 Å². The molecule has 0 bridgehead atoms. The summed E-state index contributed by atoms with van der Waals surface area (Å²) >= 11 is 1.50. The van der Waals surface area contributed by atoms with Gasteiger partial charge in [-0.25, -0.2) is 8.78 Å². The molecule has 2 rings (SSSR count). The maximum absolute atomic E-state index is 13.5. The Hall–Kier alpha value is -1.39. The van der Waals surface area contributed by atoms with Crippen molar-refractivity contribution in [2.24, 2.45) is 0 Å². The van der Waals surface area contributed by atoms with Crippen LogP contribution in [-0.4, -0.2) is 7.05 Å². The fraction of sp³-hybridized carbons (Fsp3) is 0.200. The van der Waals surface area contributed by atoms with E-state index in [9.17, 15) is 8.78 Å². The fourth-order valence-corrected chi connectivity index (χ4v) is 2.72. The minimum atomic E-state index is -0.402. The molecule has 0 saturated heterocycles. The third-order valence-electron chi connectivity index (χ3n) is 2.68. The van der Waals surface area contributed by atoms with Crippen LogP contribution < -0.4 is 5.32 Å². The fourth-order valence-electron chi connectivity index (χ4n) is 1.76. The van der Waals surface area contributed by atoms with Gasteiger partial charge in [0, 0.05) is 22.8 Å². The van der Waals surface area contributed by atoms with E-state index < -0.39 is 5.82 Å². The monoisotopic (exact) mass is 279 g/mol. The maximum atomic E-state index is 13.5. The lowest BCUT2D eigenvalue weighted by molar-refractivity contribution is 0.591. The van der Waals surface area contributed by atoms with Crippen molar-refractivity contribution in [2.45, 2.75) is 17.2 Å². The smallest absolute Gasteiger partial charge is 0.127 e. The number of benzene rings is 2. The van der Waals surface area contributed by atoms with Crippen LogP contribution >= 0.6 is 11.8 Å². The summed E-state index contributed by atoms with van der Waals surface area (Å²) in [7, 11) is 1.89. The highest BCUT2D eigenvalue weighted by Crippen LogP contribution is 2.25. The summed E-state index contributed by atoms with van der Waals surface area (Å²) in [5, 5.41) is 3.08. The topological polar surface area (TPSA) is 12.0 Å². The Morgan fingerprint density at radius 3 is 2.74 bits per heavy atom. The van der Waals surface area contributed by atoms with Gasteiger partial charge in [-0.05, 0) is 42.9 Å². The van der Waals surface area contributed by atoms with Crippen LogP contribution in [0.25, 0.3) is 0 Å². The molecule has 0 aliphatic rings. The van der Waals surface area contributed by atoms with Gasteiger partial charge in [0.25, 0.3) is 0 Å². The van der Waals surface area contributed by atoms with E-state index in [4.69, 9.17) is 0 Å². The van der Waals surface area contributed by atoms with E-state index in [1.165, 1.54) is 29.5 Å². The molecule has 0 aliphatic carbocycles. The summed E-state index contributed by atoms with van der Waals surface area (Å²) in [6.07, 6.45) is 0. The highest BCUT2D eigenvalue weighted by Gasteiger charge is 2.05. The number of hydrogen-bond acceptors (Lipinski definition) is 2. The number of nitrogens with one attached hydrogen (secondary N) is 1. The number of rotatable bonds is 5. The minimum absolute atomic E-state index is 0.361. The van der Waals surface area contributed by atoms with Crippen molar-refractivity contribution >= 4 is 11.8 Å². The summed E-state index contributed by atoms with van der Waals surface area (Å²) < 4.78 is 26.5. The molecule has 0 atom stereocenters. The molecule has 0 aromatic heterocycles. The average Bonchev–Trinajstić information content (AvgIpc) is 2.41. The van der Waals surface area contributed by atoms with Gasteiger partial charge in [0.15, 0.2) is 0 Å². The molecule has 0 heterocycles. The van der Waals surface area contributed by atoms with Crippen LogP contribution in [0.3, 0.4) is 0 Å². The van der Waals surface area contributed by atoms with Crippen LogP contribution in [0.15, 0.2) is 47.4 Å². The molecule has 0 radical (unpaired) electrons. The third kappa shape index (κ3) is 4.04. The standard InChI is InChI=1S/C15H15F2NS/c1-18-9-11-3-2-4-14(7-11)19-10-12-8-13(16)5-6-15(12)17/h2-8,18H,9-10H2,1H3. The lowest BCUT2D eigenvalue weighted by Crippen LogP contribution is -2.04. The van der Waals surface area contributed by atoms with E-state index in [2.05, 4.69) is 11.4 Å². The van der Waals surface area contributed by atoms with Crippen molar-refractivity contribution in [3.8, 4) is 0 Å². The predicted octanol–water partition coefficient (Wildman–Crippen LogP) is 3.98. The molecular formula is C15H15F2NS. The first kappa shape index (κ1) is 14.0. The van der Waals surface area contributed by atoms with Gasteiger partial charge in [0.2, 0.25) is 0 Å². The Bertz CT molecular complexity index is 558. The van der Waals surface area contributed by atoms with Crippen LogP contribution in [-0.2, 0) is 12.3 Å². The maximum Gasteiger partial charge on any atom is 0.127 e. The quantitative estimate of drug-likeness (QED) is 0.831. The van der Waals surface area contributed by atoms with Gasteiger partial charge in [-0.2, -0.15) is 0 Å². The summed E-state index contributed by atoms with van der Waals surface area (Å²) in [4.78, 5) is 1.05. The molecule has 0 amide bonds. The highest BCUT2D eigenvalue weighted by molar-refractivity contribution is 7.98. The van der Waals surface area contributed by atoms with E-state index in [-0.39, 0.29) is 5.82 Å². The molecule has 2 aromatic carbocycles. The number of hydrogen-bond donors (Lipinski definition) is 1. The second-order valence-electron chi connectivity index (χ2n) is 4.20. The van der Waals surface area contributed by atoms with Crippen molar-refractivity contribution in [1.29, 1.82) is 0 Å². The van der Waals surface area contributed by atoms with Gasteiger partial charge in [0.05, 0.1) is 0 Å². The Kier molecular flexibility index (Phi) is 4.93. The van der Waals surface area contributed by atoms with Crippen molar-refractivity contribution in [3.63, 3.8) is 0 Å². The molecule has 4 heteroatoms. The predicted molar refractivity (Wildman–Crippen MR) is 75.1 cm³/mol. The van der Waals surface area contributed by atoms with E-state index in [0.29, 0.717) is 11.3 Å². The molecule has 1 N–H and O–H groups in total. The van der Waals surface area contributed by atoms with Crippen LogP contribution in [0.1, 0.15) is 11.1 Å². The van der Waals surface area contributed by atoms with Crippen molar-refractivity contribution < 1.29 is 8.78 Å². The molecular weight excluding hydrogens is 264 g/mol. The molecule has 0 saturated carbocycles. The first-order valence-electron chi connectivity index (χ1n) is 5.99. The van der Waals surface area contributed by atoms with E-state index in [1.54, 1.807) is 0 Å². The Morgan fingerprint density at radius 2 is 1.95 bits per heavy atom. The van der Waals surface area contributed by atoms with Gasteiger partial charge in [0.1, 0.15) is 11.6 Å². The van der Waals surface area contributed by atoms with Gasteiger partial charge in [-0.3, -0.25) is 0 Å².